The molecule has 12 heteroatoms. The lowest BCUT2D eigenvalue weighted by Crippen LogP contribution is -2.51. The third-order valence-electron chi connectivity index (χ3n) is 6.94. The fourth-order valence-corrected chi connectivity index (χ4v) is 4.76. The SMILES string of the molecule is N=c1c2c(-c3ccccc3)nn(-c3ccccc3F)c2ncn1/N=C\c1ccc(OC2CC(O)C(O)C(CO)O2)cc1. The van der Waals surface area contributed by atoms with Gasteiger partial charge in [-0.25, -0.2) is 18.7 Å². The number of nitrogens with zero attached hydrogens (tertiary/aromatic N) is 5. The zero-order valence-corrected chi connectivity index (χ0v) is 22.2. The molecule has 0 radical (unpaired) electrons. The topological polar surface area (TPSA) is 151 Å². The Balaban J connectivity index is 1.29. The molecule has 6 rings (SSSR count). The number of rotatable bonds is 7. The van der Waals surface area contributed by atoms with Gasteiger partial charge in [-0.1, -0.05) is 42.5 Å². The van der Waals surface area contributed by atoms with Gasteiger partial charge >= 0.3 is 0 Å². The molecule has 1 saturated heterocycles. The second-order valence-corrected chi connectivity index (χ2v) is 9.73. The quantitative estimate of drug-likeness (QED) is 0.220. The van der Waals surface area contributed by atoms with E-state index >= 15 is 0 Å². The fourth-order valence-electron chi connectivity index (χ4n) is 4.76. The Morgan fingerprint density at radius 3 is 2.52 bits per heavy atom. The summed E-state index contributed by atoms with van der Waals surface area (Å²) in [6, 6.07) is 22.5. The molecule has 1 fully saturated rings. The average Bonchev–Trinajstić information content (AvgIpc) is 3.40. The minimum absolute atomic E-state index is 0.0197. The minimum Gasteiger partial charge on any atom is -0.465 e. The van der Waals surface area contributed by atoms with E-state index in [1.54, 1.807) is 48.7 Å². The van der Waals surface area contributed by atoms with Crippen LogP contribution in [0, 0.1) is 11.2 Å². The maximum atomic E-state index is 14.7. The number of hydrogen-bond donors (Lipinski definition) is 4. The summed E-state index contributed by atoms with van der Waals surface area (Å²) in [5.41, 5.74) is 2.49. The first-order chi connectivity index (χ1) is 20.4. The molecule has 0 spiro atoms. The van der Waals surface area contributed by atoms with Crippen molar-refractivity contribution < 1.29 is 29.2 Å². The van der Waals surface area contributed by atoms with Crippen molar-refractivity contribution in [2.24, 2.45) is 5.10 Å². The maximum absolute atomic E-state index is 14.7. The number of aliphatic hydroxyl groups excluding tert-OH is 3. The number of fused-ring (bicyclic) bond motifs is 1. The average molecular weight is 571 g/mol. The van der Waals surface area contributed by atoms with E-state index in [4.69, 9.17) is 14.9 Å². The molecule has 1 aliphatic heterocycles. The summed E-state index contributed by atoms with van der Waals surface area (Å²) in [5, 5.41) is 47.7. The predicted molar refractivity (Wildman–Crippen MR) is 151 cm³/mol. The zero-order valence-electron chi connectivity index (χ0n) is 22.2. The van der Waals surface area contributed by atoms with Gasteiger partial charge in [-0.2, -0.15) is 10.2 Å². The van der Waals surface area contributed by atoms with E-state index in [1.165, 1.54) is 21.8 Å². The molecule has 0 aliphatic carbocycles. The molecule has 0 bridgehead atoms. The molecule has 1 aliphatic rings. The molecular formula is C30H27FN6O5. The molecule has 4 N–H and O–H groups in total. The van der Waals surface area contributed by atoms with Crippen LogP contribution in [0.15, 0.2) is 90.3 Å². The number of ether oxygens (including phenoxy) is 2. The summed E-state index contributed by atoms with van der Waals surface area (Å²) in [7, 11) is 0. The first-order valence-electron chi connectivity index (χ1n) is 13.2. The summed E-state index contributed by atoms with van der Waals surface area (Å²) in [5.74, 6) is -0.00327. The molecule has 214 valence electrons. The van der Waals surface area contributed by atoms with Crippen LogP contribution in [0.25, 0.3) is 28.0 Å². The van der Waals surface area contributed by atoms with Gasteiger partial charge in [-0.15, -0.1) is 0 Å². The van der Waals surface area contributed by atoms with Crippen LogP contribution in [0.1, 0.15) is 12.0 Å². The van der Waals surface area contributed by atoms with E-state index in [0.29, 0.717) is 28.0 Å². The van der Waals surface area contributed by atoms with Crippen LogP contribution >= 0.6 is 0 Å². The highest BCUT2D eigenvalue weighted by Crippen LogP contribution is 2.27. The van der Waals surface area contributed by atoms with Crippen LogP contribution in [-0.4, -0.2) is 72.2 Å². The Morgan fingerprint density at radius 1 is 1.05 bits per heavy atom. The Hall–Kier alpha value is -4.75. The lowest BCUT2D eigenvalue weighted by atomic mass is 10.0. The number of aromatic nitrogens is 4. The van der Waals surface area contributed by atoms with E-state index in [9.17, 15) is 19.7 Å². The summed E-state index contributed by atoms with van der Waals surface area (Å²) in [6.45, 7) is -0.444. The van der Waals surface area contributed by atoms with E-state index in [-0.39, 0.29) is 17.6 Å². The van der Waals surface area contributed by atoms with Crippen molar-refractivity contribution in [3.05, 3.63) is 102 Å². The largest absolute Gasteiger partial charge is 0.465 e. The highest BCUT2D eigenvalue weighted by atomic mass is 19.1. The van der Waals surface area contributed by atoms with Gasteiger partial charge in [-0.05, 0) is 42.0 Å². The van der Waals surface area contributed by atoms with Gasteiger partial charge in [-0.3, -0.25) is 5.41 Å². The second kappa shape index (κ2) is 11.6. The molecular weight excluding hydrogens is 543 g/mol. The van der Waals surface area contributed by atoms with Gasteiger partial charge in [0.25, 0.3) is 0 Å². The van der Waals surface area contributed by atoms with Crippen molar-refractivity contribution in [1.29, 1.82) is 5.41 Å². The highest BCUT2D eigenvalue weighted by Gasteiger charge is 2.37. The number of hydrogen-bond acceptors (Lipinski definition) is 9. The molecule has 5 aromatic rings. The number of benzene rings is 3. The van der Waals surface area contributed by atoms with Crippen LogP contribution in [0.4, 0.5) is 4.39 Å². The van der Waals surface area contributed by atoms with Gasteiger partial charge in [0.2, 0.25) is 6.29 Å². The Labute approximate surface area is 238 Å². The normalized spacial score (nSPS) is 20.8. The molecule has 0 amide bonds. The molecule has 4 unspecified atom stereocenters. The summed E-state index contributed by atoms with van der Waals surface area (Å²) < 4.78 is 28.7. The van der Waals surface area contributed by atoms with E-state index in [0.717, 1.165) is 5.56 Å². The Kier molecular flexibility index (Phi) is 7.59. The van der Waals surface area contributed by atoms with Gasteiger partial charge in [0.1, 0.15) is 41.5 Å². The van der Waals surface area contributed by atoms with E-state index in [2.05, 4.69) is 15.2 Å². The zero-order chi connectivity index (χ0) is 29.2. The number of para-hydroxylation sites is 1. The van der Waals surface area contributed by atoms with Crippen LogP contribution in [0.3, 0.4) is 0 Å². The van der Waals surface area contributed by atoms with Crippen molar-refractivity contribution in [2.45, 2.75) is 31.0 Å². The van der Waals surface area contributed by atoms with Gasteiger partial charge in [0.05, 0.1) is 24.3 Å². The van der Waals surface area contributed by atoms with E-state index in [1.807, 2.05) is 30.3 Å². The van der Waals surface area contributed by atoms with Crippen molar-refractivity contribution in [1.82, 2.24) is 19.4 Å². The fraction of sp³-hybridized carbons (Fsp3) is 0.200. The van der Waals surface area contributed by atoms with Crippen LogP contribution in [-0.2, 0) is 4.74 Å². The summed E-state index contributed by atoms with van der Waals surface area (Å²) >= 11 is 0. The first-order valence-corrected chi connectivity index (χ1v) is 13.2. The Bertz CT molecular complexity index is 1790. The number of aliphatic hydroxyl groups is 3. The molecule has 3 aromatic carbocycles. The highest BCUT2D eigenvalue weighted by molar-refractivity contribution is 5.91. The lowest BCUT2D eigenvalue weighted by Gasteiger charge is -2.36. The minimum atomic E-state index is -1.18. The summed E-state index contributed by atoms with van der Waals surface area (Å²) in [6.07, 6.45) is -1.04. The maximum Gasteiger partial charge on any atom is 0.202 e. The first kappa shape index (κ1) is 27.4. The molecule has 4 atom stereocenters. The Morgan fingerprint density at radius 2 is 1.79 bits per heavy atom. The van der Waals surface area contributed by atoms with Crippen molar-refractivity contribution in [3.63, 3.8) is 0 Å². The molecule has 42 heavy (non-hydrogen) atoms. The smallest absolute Gasteiger partial charge is 0.202 e. The van der Waals surface area contributed by atoms with Crippen LogP contribution in [0.5, 0.6) is 5.75 Å². The predicted octanol–water partition coefficient (Wildman–Crippen LogP) is 2.60. The van der Waals surface area contributed by atoms with Crippen molar-refractivity contribution in [3.8, 4) is 22.7 Å². The lowest BCUT2D eigenvalue weighted by molar-refractivity contribution is -0.229. The van der Waals surface area contributed by atoms with Crippen molar-refractivity contribution in [2.75, 3.05) is 6.61 Å². The third-order valence-corrected chi connectivity index (χ3v) is 6.94. The van der Waals surface area contributed by atoms with Crippen molar-refractivity contribution >= 4 is 17.2 Å². The van der Waals surface area contributed by atoms with Gasteiger partial charge in [0, 0.05) is 12.0 Å². The molecule has 3 heterocycles. The van der Waals surface area contributed by atoms with E-state index < -0.39 is 37.0 Å². The van der Waals surface area contributed by atoms with Gasteiger partial charge in [0.15, 0.2) is 11.1 Å². The number of nitrogens with one attached hydrogen (secondary N) is 1. The van der Waals surface area contributed by atoms with Crippen LogP contribution < -0.4 is 10.2 Å². The molecule has 2 aromatic heterocycles. The third kappa shape index (κ3) is 5.31. The molecule has 11 nitrogen and oxygen atoms in total. The second-order valence-electron chi connectivity index (χ2n) is 9.73. The van der Waals surface area contributed by atoms with Crippen LogP contribution in [0.2, 0.25) is 0 Å². The number of halogens is 1. The monoisotopic (exact) mass is 570 g/mol. The summed E-state index contributed by atoms with van der Waals surface area (Å²) in [4.78, 5) is 4.49. The van der Waals surface area contributed by atoms with Gasteiger partial charge < -0.3 is 24.8 Å². The molecule has 0 saturated carbocycles. The standard InChI is InChI=1S/C30H27FN6O5/c31-21-8-4-5-9-22(21)37-30-26(27(35-37)19-6-2-1-3-7-19)29(32)36(17-33-30)34-15-18-10-12-20(13-11-18)41-25-14-23(39)28(40)24(16-38)42-25/h1-13,15,17,23-25,28,32,38-40H,14,16H2/b32-29?,34-15-.